The van der Waals surface area contributed by atoms with Crippen LogP contribution in [0.3, 0.4) is 0 Å². The Bertz CT molecular complexity index is 1860. The van der Waals surface area contributed by atoms with Crippen LogP contribution in [0.5, 0.6) is 17.2 Å². The fourth-order valence-electron chi connectivity index (χ4n) is 5.32. The van der Waals surface area contributed by atoms with Crippen LogP contribution in [0.25, 0.3) is 22.1 Å². The van der Waals surface area contributed by atoms with E-state index < -0.39 is 19.3 Å². The molecular weight excluding hydrogens is 633 g/mol. The molecule has 5 rings (SSSR count). The highest BCUT2D eigenvalue weighted by Crippen LogP contribution is 2.63. The van der Waals surface area contributed by atoms with Gasteiger partial charge in [0.2, 0.25) is 0 Å². The molecule has 11 heteroatoms. The molecule has 1 aromatic heterocycles. The first-order valence-electron chi connectivity index (χ1n) is 15.7. The Morgan fingerprint density at radius 2 is 1.54 bits per heavy atom. The van der Waals surface area contributed by atoms with Crippen LogP contribution in [0, 0.1) is 0 Å². The second-order valence-corrected chi connectivity index (χ2v) is 12.7. The first-order valence-corrected chi connectivity index (χ1v) is 17.3. The van der Waals surface area contributed by atoms with E-state index >= 15 is 0 Å². The number of carbonyl (C=O) groups excluding carboxylic acids is 1. The molecule has 0 fully saturated rings. The first kappa shape index (κ1) is 34.6. The molecule has 1 heterocycles. The number of benzene rings is 4. The Kier molecular flexibility index (Phi) is 11.4. The van der Waals surface area contributed by atoms with Gasteiger partial charge in [-0.25, -0.2) is 4.79 Å². The SMILES string of the molecule is CCOC(=O)c1cccc(NC(c2oc3cc(OC)c(OCc4ccccc4)cc3c2-c2ccc(OC)cc2)P(=O)(OCC)OCC)c1. The van der Waals surface area contributed by atoms with Gasteiger partial charge in [-0.1, -0.05) is 48.5 Å². The maximum Gasteiger partial charge on any atom is 0.360 e. The third-order valence-electron chi connectivity index (χ3n) is 7.48. The topological polar surface area (TPSA) is 115 Å². The molecule has 0 aliphatic heterocycles. The predicted octanol–water partition coefficient (Wildman–Crippen LogP) is 9.25. The third kappa shape index (κ3) is 7.68. The molecule has 0 saturated carbocycles. The van der Waals surface area contributed by atoms with Crippen molar-refractivity contribution >= 4 is 30.2 Å². The summed E-state index contributed by atoms with van der Waals surface area (Å²) >= 11 is 0. The molecule has 0 bridgehead atoms. The molecule has 10 nitrogen and oxygen atoms in total. The van der Waals surface area contributed by atoms with Crippen molar-refractivity contribution in [2.45, 2.75) is 33.2 Å². The maximum absolute atomic E-state index is 14.7. The highest BCUT2D eigenvalue weighted by molar-refractivity contribution is 7.54. The number of nitrogens with one attached hydrogen (secondary N) is 1. The van der Waals surface area contributed by atoms with Crippen molar-refractivity contribution in [3.05, 3.63) is 108 Å². The highest BCUT2D eigenvalue weighted by atomic mass is 31.2. The van der Waals surface area contributed by atoms with Crippen LogP contribution < -0.4 is 19.5 Å². The summed E-state index contributed by atoms with van der Waals surface area (Å²) < 4.78 is 55.8. The van der Waals surface area contributed by atoms with Crippen molar-refractivity contribution in [3.63, 3.8) is 0 Å². The number of esters is 1. The van der Waals surface area contributed by atoms with Gasteiger partial charge in [0.05, 0.1) is 39.6 Å². The van der Waals surface area contributed by atoms with Crippen LogP contribution in [0.1, 0.15) is 48.2 Å². The summed E-state index contributed by atoms with van der Waals surface area (Å²) in [4.78, 5) is 12.6. The van der Waals surface area contributed by atoms with Gasteiger partial charge in [0, 0.05) is 22.7 Å². The number of hydrogen-bond donors (Lipinski definition) is 1. The monoisotopic (exact) mass is 673 g/mol. The Labute approximate surface area is 280 Å². The predicted molar refractivity (Wildman–Crippen MR) is 185 cm³/mol. The lowest BCUT2D eigenvalue weighted by Gasteiger charge is -2.27. The summed E-state index contributed by atoms with van der Waals surface area (Å²) in [5.41, 5.74) is 3.66. The van der Waals surface area contributed by atoms with E-state index in [0.717, 1.165) is 11.1 Å². The summed E-state index contributed by atoms with van der Waals surface area (Å²) in [6, 6.07) is 27.6. The molecular formula is C37H40NO9P. The van der Waals surface area contributed by atoms with Crippen LogP contribution >= 0.6 is 7.60 Å². The van der Waals surface area contributed by atoms with E-state index in [1.165, 1.54) is 0 Å². The van der Waals surface area contributed by atoms with Crippen LogP contribution in [-0.2, 0) is 25.0 Å². The van der Waals surface area contributed by atoms with Crippen molar-refractivity contribution in [2.24, 2.45) is 0 Å². The normalized spacial score (nSPS) is 12.0. The second kappa shape index (κ2) is 15.9. The van der Waals surface area contributed by atoms with Gasteiger partial charge in [0.25, 0.3) is 0 Å². The number of anilines is 1. The van der Waals surface area contributed by atoms with Gasteiger partial charge in [-0.15, -0.1) is 0 Å². The van der Waals surface area contributed by atoms with Crippen LogP contribution in [0.4, 0.5) is 5.69 Å². The minimum atomic E-state index is -3.98. The van der Waals surface area contributed by atoms with E-state index in [4.69, 9.17) is 32.4 Å². The number of ether oxygens (including phenoxy) is 4. The fraction of sp³-hybridized carbons (Fsp3) is 0.270. The van der Waals surface area contributed by atoms with Crippen LogP contribution in [0.2, 0.25) is 0 Å². The van der Waals surface area contributed by atoms with E-state index in [9.17, 15) is 9.36 Å². The maximum atomic E-state index is 14.7. The fourth-order valence-corrected chi connectivity index (χ4v) is 7.19. The van der Waals surface area contributed by atoms with Gasteiger partial charge in [0.1, 0.15) is 23.7 Å². The summed E-state index contributed by atoms with van der Waals surface area (Å²) in [6.45, 7) is 6.00. The lowest BCUT2D eigenvalue weighted by molar-refractivity contribution is 0.0526. The van der Waals surface area contributed by atoms with Gasteiger partial charge < -0.3 is 37.7 Å². The van der Waals surface area contributed by atoms with E-state index in [1.807, 2.05) is 60.7 Å². The van der Waals surface area contributed by atoms with Crippen molar-refractivity contribution < 1.29 is 41.8 Å². The zero-order valence-corrected chi connectivity index (χ0v) is 28.6. The molecule has 5 aromatic rings. The summed E-state index contributed by atoms with van der Waals surface area (Å²) in [7, 11) is -0.820. The van der Waals surface area contributed by atoms with E-state index in [0.29, 0.717) is 57.4 Å². The molecule has 1 unspecified atom stereocenters. The molecule has 0 saturated heterocycles. The van der Waals surface area contributed by atoms with Crippen LogP contribution in [-0.4, -0.2) is 40.0 Å². The lowest BCUT2D eigenvalue weighted by atomic mass is 10.0. The Hall–Kier alpha value is -4.76. The van der Waals surface area contributed by atoms with Gasteiger partial charge in [0.15, 0.2) is 17.3 Å². The van der Waals surface area contributed by atoms with E-state index in [-0.39, 0.29) is 19.8 Å². The quantitative estimate of drug-likeness (QED) is 0.0803. The zero-order chi connectivity index (χ0) is 34.1. The summed E-state index contributed by atoms with van der Waals surface area (Å²) in [6.07, 6.45) is 0. The van der Waals surface area contributed by atoms with Crippen molar-refractivity contribution in [2.75, 3.05) is 39.4 Å². The largest absolute Gasteiger partial charge is 0.497 e. The van der Waals surface area contributed by atoms with E-state index in [1.54, 1.807) is 65.3 Å². The van der Waals surface area contributed by atoms with Gasteiger partial charge in [-0.2, -0.15) is 0 Å². The van der Waals surface area contributed by atoms with Gasteiger partial charge in [-0.05, 0) is 68.3 Å². The van der Waals surface area contributed by atoms with Gasteiger partial charge in [-0.3, -0.25) is 4.57 Å². The molecule has 1 N–H and O–H groups in total. The molecule has 0 radical (unpaired) electrons. The number of carbonyl (C=O) groups is 1. The highest BCUT2D eigenvalue weighted by Gasteiger charge is 2.42. The number of furan rings is 1. The van der Waals surface area contributed by atoms with Gasteiger partial charge >= 0.3 is 13.6 Å². The molecule has 0 aliphatic carbocycles. The molecule has 0 spiro atoms. The van der Waals surface area contributed by atoms with Crippen molar-refractivity contribution in [1.82, 2.24) is 0 Å². The average Bonchev–Trinajstić information content (AvgIpc) is 3.47. The lowest BCUT2D eigenvalue weighted by Crippen LogP contribution is -2.16. The van der Waals surface area contributed by atoms with Crippen LogP contribution in [0.15, 0.2) is 95.4 Å². The average molecular weight is 674 g/mol. The molecule has 0 amide bonds. The number of hydrogen-bond acceptors (Lipinski definition) is 10. The smallest absolute Gasteiger partial charge is 0.360 e. The molecule has 48 heavy (non-hydrogen) atoms. The van der Waals surface area contributed by atoms with E-state index in [2.05, 4.69) is 5.32 Å². The second-order valence-electron chi connectivity index (χ2n) is 10.6. The number of methoxy groups -OCH3 is 2. The Morgan fingerprint density at radius 3 is 2.19 bits per heavy atom. The molecule has 252 valence electrons. The molecule has 0 aliphatic rings. The summed E-state index contributed by atoms with van der Waals surface area (Å²) in [5, 5.41) is 4.01. The summed E-state index contributed by atoms with van der Waals surface area (Å²) in [5.74, 6) is 0.308. The van der Waals surface area contributed by atoms with Crippen molar-refractivity contribution in [1.29, 1.82) is 0 Å². The Balaban J connectivity index is 1.72. The molecule has 4 aromatic carbocycles. The zero-order valence-electron chi connectivity index (χ0n) is 27.7. The third-order valence-corrected chi connectivity index (χ3v) is 9.71. The first-order chi connectivity index (χ1) is 23.3. The number of fused-ring (bicyclic) bond motifs is 1. The molecule has 1 atom stereocenters. The minimum absolute atomic E-state index is 0.113. The van der Waals surface area contributed by atoms with Crippen molar-refractivity contribution in [3.8, 4) is 28.4 Å². The number of rotatable bonds is 16. The Morgan fingerprint density at radius 1 is 0.812 bits per heavy atom. The standard InChI is InChI=1S/C37H40NO9P/c1-6-43-37(39)27-15-12-16-28(21-27)38-36(48(40,45-7-2)46-8-3)35-34(26-17-19-29(41-4)20-18-26)30-22-33(32(42-5)23-31(30)47-35)44-24-25-13-10-9-11-14-25/h9-23,36,38H,6-8,24H2,1-5H3. The minimum Gasteiger partial charge on any atom is -0.497 e.